The highest BCUT2D eigenvalue weighted by Gasteiger charge is 2.32. The molecule has 0 spiro atoms. The molecule has 0 aromatic carbocycles. The zero-order valence-corrected chi connectivity index (χ0v) is 12.4. The summed E-state index contributed by atoms with van der Waals surface area (Å²) < 4.78 is 0. The zero-order chi connectivity index (χ0) is 14.5. The van der Waals surface area contributed by atoms with E-state index >= 15 is 0 Å². The van der Waals surface area contributed by atoms with Gasteiger partial charge in [-0.1, -0.05) is 6.42 Å². The maximum Gasteiger partial charge on any atom is 0.225 e. The molecule has 1 aliphatic heterocycles. The number of carbonyl (C=O) groups excluding carboxylic acids is 2. The van der Waals surface area contributed by atoms with Crippen molar-refractivity contribution in [1.82, 2.24) is 10.2 Å². The van der Waals surface area contributed by atoms with Gasteiger partial charge in [-0.3, -0.25) is 9.59 Å². The minimum absolute atomic E-state index is 0.0765. The molecular formula is C15H27N3O2. The zero-order valence-electron chi connectivity index (χ0n) is 12.4. The van der Waals surface area contributed by atoms with Crippen LogP contribution in [0.25, 0.3) is 0 Å². The molecule has 0 radical (unpaired) electrons. The Labute approximate surface area is 121 Å². The topological polar surface area (TPSA) is 75.4 Å². The second-order valence-corrected chi connectivity index (χ2v) is 6.12. The molecule has 5 nitrogen and oxygen atoms in total. The van der Waals surface area contributed by atoms with E-state index in [9.17, 15) is 9.59 Å². The minimum atomic E-state index is 0.0765. The number of hydrogen-bond acceptors (Lipinski definition) is 3. The largest absolute Gasteiger partial charge is 0.356 e. The van der Waals surface area contributed by atoms with Crippen molar-refractivity contribution < 1.29 is 9.59 Å². The third-order valence-corrected chi connectivity index (χ3v) is 4.59. The Morgan fingerprint density at radius 1 is 1.15 bits per heavy atom. The van der Waals surface area contributed by atoms with Crippen molar-refractivity contribution in [3.05, 3.63) is 0 Å². The first-order valence-corrected chi connectivity index (χ1v) is 7.94. The molecule has 0 aromatic rings. The fraction of sp³-hybridized carbons (Fsp3) is 0.867. The van der Waals surface area contributed by atoms with Gasteiger partial charge in [0.25, 0.3) is 0 Å². The van der Waals surface area contributed by atoms with Crippen LogP contribution in [0.4, 0.5) is 0 Å². The number of piperidine rings is 1. The van der Waals surface area contributed by atoms with E-state index in [1.54, 1.807) is 0 Å². The van der Waals surface area contributed by atoms with Gasteiger partial charge >= 0.3 is 0 Å². The average Bonchev–Trinajstić information content (AvgIpc) is 2.47. The summed E-state index contributed by atoms with van der Waals surface area (Å²) in [5.41, 5.74) is 5.96. The van der Waals surface area contributed by atoms with E-state index in [-0.39, 0.29) is 29.7 Å². The molecular weight excluding hydrogens is 254 g/mol. The summed E-state index contributed by atoms with van der Waals surface area (Å²) in [6.07, 6.45) is 5.49. The molecule has 2 fully saturated rings. The maximum absolute atomic E-state index is 12.5. The first-order chi connectivity index (χ1) is 9.61. The van der Waals surface area contributed by atoms with E-state index in [4.69, 9.17) is 5.73 Å². The molecule has 20 heavy (non-hydrogen) atoms. The number of hydrogen-bond donors (Lipinski definition) is 2. The molecule has 1 saturated heterocycles. The third kappa shape index (κ3) is 3.72. The lowest BCUT2D eigenvalue weighted by molar-refractivity contribution is -0.140. The van der Waals surface area contributed by atoms with Gasteiger partial charge in [-0.2, -0.15) is 0 Å². The molecule has 1 aliphatic carbocycles. The summed E-state index contributed by atoms with van der Waals surface area (Å²) in [6, 6.07) is 0.186. The van der Waals surface area contributed by atoms with Crippen molar-refractivity contribution >= 4 is 11.8 Å². The highest BCUT2D eigenvalue weighted by atomic mass is 16.2. The first-order valence-electron chi connectivity index (χ1n) is 7.94. The summed E-state index contributed by atoms with van der Waals surface area (Å²) in [5, 5.41) is 2.87. The van der Waals surface area contributed by atoms with Crippen molar-refractivity contribution in [3.63, 3.8) is 0 Å². The highest BCUT2D eigenvalue weighted by molar-refractivity contribution is 5.81. The normalized spacial score (nSPS) is 28.2. The number of rotatable bonds is 3. The summed E-state index contributed by atoms with van der Waals surface area (Å²) in [6.45, 7) is 4.04. The van der Waals surface area contributed by atoms with Crippen LogP contribution in [0.1, 0.15) is 45.4 Å². The average molecular weight is 281 g/mol. The van der Waals surface area contributed by atoms with Crippen LogP contribution in [0, 0.1) is 11.8 Å². The van der Waals surface area contributed by atoms with Crippen molar-refractivity contribution in [2.24, 2.45) is 17.6 Å². The molecule has 0 aromatic heterocycles. The van der Waals surface area contributed by atoms with Crippen LogP contribution in [-0.4, -0.2) is 42.4 Å². The fourth-order valence-corrected chi connectivity index (χ4v) is 3.39. The molecule has 2 atom stereocenters. The smallest absolute Gasteiger partial charge is 0.225 e. The molecule has 2 rings (SSSR count). The molecule has 2 unspecified atom stereocenters. The van der Waals surface area contributed by atoms with Gasteiger partial charge in [-0.25, -0.2) is 0 Å². The van der Waals surface area contributed by atoms with Gasteiger partial charge < -0.3 is 16.0 Å². The SMILES string of the molecule is CCNC(=O)C1CCN(C(=O)C2CCCC(N)C2)CC1. The summed E-state index contributed by atoms with van der Waals surface area (Å²) in [5.74, 6) is 0.584. The Balaban J connectivity index is 1.81. The Hall–Kier alpha value is -1.10. The van der Waals surface area contributed by atoms with Gasteiger partial charge in [-0.05, 0) is 39.0 Å². The Kier molecular flexibility index (Phi) is 5.40. The molecule has 114 valence electrons. The highest BCUT2D eigenvalue weighted by Crippen LogP contribution is 2.27. The van der Waals surface area contributed by atoms with Crippen LogP contribution in [-0.2, 0) is 9.59 Å². The van der Waals surface area contributed by atoms with Gasteiger partial charge in [0, 0.05) is 37.5 Å². The molecule has 1 saturated carbocycles. The lowest BCUT2D eigenvalue weighted by Gasteiger charge is -2.35. The van der Waals surface area contributed by atoms with E-state index < -0.39 is 0 Å². The van der Waals surface area contributed by atoms with Gasteiger partial charge in [0.2, 0.25) is 11.8 Å². The number of nitrogens with one attached hydrogen (secondary N) is 1. The van der Waals surface area contributed by atoms with Crippen LogP contribution in [0.5, 0.6) is 0 Å². The van der Waals surface area contributed by atoms with Crippen LogP contribution in [0.15, 0.2) is 0 Å². The molecule has 0 bridgehead atoms. The van der Waals surface area contributed by atoms with Crippen molar-refractivity contribution in [1.29, 1.82) is 0 Å². The standard InChI is InChI=1S/C15H27N3O2/c1-2-17-14(19)11-6-8-18(9-7-11)15(20)12-4-3-5-13(16)10-12/h11-13H,2-10,16H2,1H3,(H,17,19). The van der Waals surface area contributed by atoms with Crippen LogP contribution >= 0.6 is 0 Å². The van der Waals surface area contributed by atoms with Crippen LogP contribution in [0.3, 0.4) is 0 Å². The van der Waals surface area contributed by atoms with Crippen LogP contribution < -0.4 is 11.1 Å². The second kappa shape index (κ2) is 7.07. The molecule has 1 heterocycles. The molecule has 2 aliphatic rings. The second-order valence-electron chi connectivity index (χ2n) is 6.12. The molecule has 5 heteroatoms. The van der Waals surface area contributed by atoms with Gasteiger partial charge in [0.15, 0.2) is 0 Å². The Morgan fingerprint density at radius 3 is 2.45 bits per heavy atom. The number of nitrogens with zero attached hydrogens (tertiary/aromatic N) is 1. The number of amides is 2. The predicted molar refractivity (Wildman–Crippen MR) is 77.9 cm³/mol. The monoisotopic (exact) mass is 281 g/mol. The minimum Gasteiger partial charge on any atom is -0.356 e. The van der Waals surface area contributed by atoms with Crippen molar-refractivity contribution in [2.75, 3.05) is 19.6 Å². The maximum atomic E-state index is 12.5. The van der Waals surface area contributed by atoms with E-state index in [0.29, 0.717) is 19.6 Å². The van der Waals surface area contributed by atoms with Gasteiger partial charge in [0.1, 0.15) is 0 Å². The Morgan fingerprint density at radius 2 is 1.85 bits per heavy atom. The summed E-state index contributed by atoms with van der Waals surface area (Å²) in [7, 11) is 0. The van der Waals surface area contributed by atoms with E-state index in [1.165, 1.54) is 0 Å². The lowest BCUT2D eigenvalue weighted by atomic mass is 9.84. The van der Waals surface area contributed by atoms with E-state index in [2.05, 4.69) is 5.32 Å². The molecule has 3 N–H and O–H groups in total. The van der Waals surface area contributed by atoms with Gasteiger partial charge in [-0.15, -0.1) is 0 Å². The fourth-order valence-electron chi connectivity index (χ4n) is 3.39. The Bertz CT molecular complexity index is 351. The third-order valence-electron chi connectivity index (χ3n) is 4.59. The van der Waals surface area contributed by atoms with Crippen LogP contribution in [0.2, 0.25) is 0 Å². The number of nitrogens with two attached hydrogens (primary N) is 1. The van der Waals surface area contributed by atoms with Crippen molar-refractivity contribution in [2.45, 2.75) is 51.5 Å². The summed E-state index contributed by atoms with van der Waals surface area (Å²) in [4.78, 5) is 26.2. The lowest BCUT2D eigenvalue weighted by Crippen LogP contribution is -2.46. The van der Waals surface area contributed by atoms with E-state index in [0.717, 1.165) is 38.5 Å². The quantitative estimate of drug-likeness (QED) is 0.806. The number of carbonyl (C=O) groups is 2. The molecule has 2 amide bonds. The van der Waals surface area contributed by atoms with Crippen molar-refractivity contribution in [3.8, 4) is 0 Å². The van der Waals surface area contributed by atoms with E-state index in [1.807, 2.05) is 11.8 Å². The predicted octanol–water partition coefficient (Wildman–Crippen LogP) is 0.879. The first kappa shape index (κ1) is 15.3. The van der Waals surface area contributed by atoms with Gasteiger partial charge in [0.05, 0.1) is 0 Å². The summed E-state index contributed by atoms with van der Waals surface area (Å²) >= 11 is 0. The number of likely N-dealkylation sites (tertiary alicyclic amines) is 1.